The molecule has 0 spiro atoms. The van der Waals surface area contributed by atoms with Crippen molar-refractivity contribution in [3.63, 3.8) is 0 Å². The molecule has 1 fully saturated rings. The minimum atomic E-state index is 0.325. The smallest absolute Gasteiger partial charge is 0.224 e. The molecule has 1 rings (SSSR count). The van der Waals surface area contributed by atoms with Crippen LogP contribution in [0.3, 0.4) is 0 Å². The molecule has 0 saturated carbocycles. The highest BCUT2D eigenvalue weighted by Crippen LogP contribution is 2.06. The number of rotatable bonds is 4. The second-order valence-electron chi connectivity index (χ2n) is 4.50. The molecule has 0 aromatic heterocycles. The Balaban J connectivity index is 2.35. The summed E-state index contributed by atoms with van der Waals surface area (Å²) in [6.45, 7) is 7.22. The first-order valence-electron chi connectivity index (χ1n) is 6.25. The Morgan fingerprint density at radius 1 is 1.47 bits per heavy atom. The van der Waals surface area contributed by atoms with Gasteiger partial charge in [-0.25, -0.2) is 0 Å². The lowest BCUT2D eigenvalue weighted by atomic mass is 10.1. The zero-order valence-electron chi connectivity index (χ0n) is 10.1. The molecule has 0 radical (unpaired) electrons. The van der Waals surface area contributed by atoms with Crippen LogP contribution in [0, 0.1) is 0 Å². The maximum Gasteiger partial charge on any atom is 0.224 e. The lowest BCUT2D eigenvalue weighted by Gasteiger charge is -2.27. The molecule has 3 nitrogen and oxygen atoms in total. The summed E-state index contributed by atoms with van der Waals surface area (Å²) in [6.07, 6.45) is 5.36. The maximum absolute atomic E-state index is 11.9. The summed E-state index contributed by atoms with van der Waals surface area (Å²) >= 11 is 0. The van der Waals surface area contributed by atoms with Gasteiger partial charge in [0.2, 0.25) is 5.91 Å². The fourth-order valence-corrected chi connectivity index (χ4v) is 2.00. The molecular formula is C12H24N2O. The predicted molar refractivity (Wildman–Crippen MR) is 62.8 cm³/mol. The summed E-state index contributed by atoms with van der Waals surface area (Å²) in [7, 11) is 0. The van der Waals surface area contributed by atoms with Crippen LogP contribution < -0.4 is 5.32 Å². The Morgan fingerprint density at radius 3 is 3.00 bits per heavy atom. The number of carbonyl (C=O) groups is 1. The topological polar surface area (TPSA) is 32.3 Å². The third kappa shape index (κ3) is 4.65. The first-order valence-corrected chi connectivity index (χ1v) is 6.25. The van der Waals surface area contributed by atoms with Crippen molar-refractivity contribution in [3.8, 4) is 0 Å². The molecule has 15 heavy (non-hydrogen) atoms. The average Bonchev–Trinajstić information content (AvgIpc) is 2.19. The average molecular weight is 212 g/mol. The fraction of sp³-hybridized carbons (Fsp3) is 0.917. The Hall–Kier alpha value is -0.570. The Kier molecular flexibility index (Phi) is 5.69. The molecule has 1 N–H and O–H groups in total. The van der Waals surface area contributed by atoms with Gasteiger partial charge in [-0.3, -0.25) is 4.79 Å². The van der Waals surface area contributed by atoms with Crippen LogP contribution in [0.15, 0.2) is 0 Å². The van der Waals surface area contributed by atoms with Crippen LogP contribution in [-0.2, 0) is 4.79 Å². The van der Waals surface area contributed by atoms with E-state index in [1.807, 2.05) is 4.90 Å². The predicted octanol–water partition coefficient (Wildman–Crippen LogP) is 1.78. The van der Waals surface area contributed by atoms with Crippen molar-refractivity contribution in [2.75, 3.05) is 19.6 Å². The highest BCUT2D eigenvalue weighted by molar-refractivity contribution is 5.76. The minimum Gasteiger partial charge on any atom is -0.343 e. The van der Waals surface area contributed by atoms with Crippen LogP contribution in [-0.4, -0.2) is 36.5 Å². The van der Waals surface area contributed by atoms with Crippen molar-refractivity contribution in [2.45, 2.75) is 52.0 Å². The summed E-state index contributed by atoms with van der Waals surface area (Å²) in [6, 6.07) is 0.339. The molecule has 0 bridgehead atoms. The van der Waals surface area contributed by atoms with Crippen molar-refractivity contribution in [3.05, 3.63) is 0 Å². The monoisotopic (exact) mass is 212 g/mol. The molecule has 88 valence electrons. The zero-order valence-corrected chi connectivity index (χ0v) is 10.1. The van der Waals surface area contributed by atoms with E-state index < -0.39 is 0 Å². The third-order valence-corrected chi connectivity index (χ3v) is 2.96. The number of nitrogens with zero attached hydrogens (tertiary/aromatic N) is 1. The Labute approximate surface area is 93.2 Å². The van der Waals surface area contributed by atoms with Gasteiger partial charge in [-0.1, -0.05) is 19.8 Å². The molecule has 1 aliphatic rings. The van der Waals surface area contributed by atoms with Gasteiger partial charge in [0.1, 0.15) is 0 Å². The van der Waals surface area contributed by atoms with E-state index in [0.29, 0.717) is 18.4 Å². The van der Waals surface area contributed by atoms with E-state index in [9.17, 15) is 4.79 Å². The van der Waals surface area contributed by atoms with E-state index in [4.69, 9.17) is 0 Å². The van der Waals surface area contributed by atoms with Crippen molar-refractivity contribution < 1.29 is 4.79 Å². The van der Waals surface area contributed by atoms with E-state index in [2.05, 4.69) is 19.2 Å². The molecule has 1 aliphatic heterocycles. The van der Waals surface area contributed by atoms with Gasteiger partial charge >= 0.3 is 0 Å². The van der Waals surface area contributed by atoms with Crippen molar-refractivity contribution >= 4 is 5.91 Å². The van der Waals surface area contributed by atoms with E-state index >= 15 is 0 Å². The molecule has 3 heteroatoms. The van der Waals surface area contributed by atoms with Gasteiger partial charge in [0, 0.05) is 25.6 Å². The molecule has 1 heterocycles. The Morgan fingerprint density at radius 2 is 2.27 bits per heavy atom. The SMILES string of the molecule is CCCCCN1CCCNC(C)CC1=O. The van der Waals surface area contributed by atoms with Crippen LogP contribution in [0.2, 0.25) is 0 Å². The largest absolute Gasteiger partial charge is 0.343 e. The van der Waals surface area contributed by atoms with Crippen LogP contribution >= 0.6 is 0 Å². The number of hydrogen-bond donors (Lipinski definition) is 1. The van der Waals surface area contributed by atoms with E-state index in [-0.39, 0.29) is 0 Å². The van der Waals surface area contributed by atoms with Crippen molar-refractivity contribution in [1.29, 1.82) is 0 Å². The van der Waals surface area contributed by atoms with Gasteiger partial charge in [-0.05, 0) is 26.3 Å². The van der Waals surface area contributed by atoms with Gasteiger partial charge in [-0.15, -0.1) is 0 Å². The molecular weight excluding hydrogens is 188 g/mol. The van der Waals surface area contributed by atoms with Gasteiger partial charge in [0.05, 0.1) is 0 Å². The molecule has 0 aromatic carbocycles. The lowest BCUT2D eigenvalue weighted by Crippen LogP contribution is -2.42. The third-order valence-electron chi connectivity index (χ3n) is 2.96. The number of carbonyl (C=O) groups excluding carboxylic acids is 1. The normalized spacial score (nSPS) is 23.7. The Bertz CT molecular complexity index is 194. The number of unbranched alkanes of at least 4 members (excludes halogenated alkanes) is 2. The summed E-state index contributed by atoms with van der Waals surface area (Å²) in [5.74, 6) is 0.325. The lowest BCUT2D eigenvalue weighted by molar-refractivity contribution is -0.132. The maximum atomic E-state index is 11.9. The fourth-order valence-electron chi connectivity index (χ4n) is 2.00. The number of amides is 1. The molecule has 1 unspecified atom stereocenters. The standard InChI is InChI=1S/C12H24N2O/c1-3-4-5-8-14-9-6-7-13-11(2)10-12(14)15/h11,13H,3-10H2,1-2H3. The van der Waals surface area contributed by atoms with Gasteiger partial charge in [0.15, 0.2) is 0 Å². The summed E-state index contributed by atoms with van der Waals surface area (Å²) in [5.41, 5.74) is 0. The first-order chi connectivity index (χ1) is 7.24. The number of hydrogen-bond acceptors (Lipinski definition) is 2. The summed E-state index contributed by atoms with van der Waals surface area (Å²) in [5, 5.41) is 3.36. The van der Waals surface area contributed by atoms with Crippen LogP contribution in [0.4, 0.5) is 0 Å². The molecule has 0 aromatic rings. The molecule has 1 atom stereocenters. The molecule has 0 aliphatic carbocycles. The highest BCUT2D eigenvalue weighted by Gasteiger charge is 2.18. The molecule has 1 saturated heterocycles. The van der Waals surface area contributed by atoms with Crippen molar-refractivity contribution in [2.24, 2.45) is 0 Å². The van der Waals surface area contributed by atoms with Gasteiger partial charge in [-0.2, -0.15) is 0 Å². The van der Waals surface area contributed by atoms with Crippen LogP contribution in [0.5, 0.6) is 0 Å². The van der Waals surface area contributed by atoms with Crippen LogP contribution in [0.1, 0.15) is 46.0 Å². The molecule has 1 amide bonds. The van der Waals surface area contributed by atoms with Crippen LogP contribution in [0.25, 0.3) is 0 Å². The second-order valence-corrected chi connectivity index (χ2v) is 4.50. The summed E-state index contributed by atoms with van der Waals surface area (Å²) in [4.78, 5) is 13.9. The minimum absolute atomic E-state index is 0.325. The first kappa shape index (κ1) is 12.5. The van der Waals surface area contributed by atoms with Gasteiger partial charge in [0.25, 0.3) is 0 Å². The zero-order chi connectivity index (χ0) is 11.1. The van der Waals surface area contributed by atoms with E-state index in [1.54, 1.807) is 0 Å². The highest BCUT2D eigenvalue weighted by atomic mass is 16.2. The van der Waals surface area contributed by atoms with Gasteiger partial charge < -0.3 is 10.2 Å². The summed E-state index contributed by atoms with van der Waals surface area (Å²) < 4.78 is 0. The number of nitrogens with one attached hydrogen (secondary N) is 1. The van der Waals surface area contributed by atoms with Crippen molar-refractivity contribution in [1.82, 2.24) is 10.2 Å². The quantitative estimate of drug-likeness (QED) is 0.720. The second kappa shape index (κ2) is 6.83. The van der Waals surface area contributed by atoms with E-state index in [1.165, 1.54) is 12.8 Å². The van der Waals surface area contributed by atoms with E-state index in [0.717, 1.165) is 32.5 Å².